The van der Waals surface area contributed by atoms with E-state index in [4.69, 9.17) is 14.3 Å². The van der Waals surface area contributed by atoms with Gasteiger partial charge in [-0.05, 0) is 32.9 Å². The first kappa shape index (κ1) is 13.7. The fourth-order valence-electron chi connectivity index (χ4n) is 1.27. The molecule has 0 aliphatic carbocycles. The topological polar surface area (TPSA) is 71.7 Å². The summed E-state index contributed by atoms with van der Waals surface area (Å²) in [5, 5.41) is 11.7. The first-order valence-electron chi connectivity index (χ1n) is 5.52. The van der Waals surface area contributed by atoms with Gasteiger partial charge in [-0.3, -0.25) is 10.1 Å². The summed E-state index contributed by atoms with van der Waals surface area (Å²) in [6.45, 7) is 5.92. The summed E-state index contributed by atoms with van der Waals surface area (Å²) >= 11 is 0. The minimum Gasteiger partial charge on any atom is -0.462 e. The molecule has 1 heterocycles. The molecule has 2 N–H and O–H groups in total. The summed E-state index contributed by atoms with van der Waals surface area (Å²) in [6, 6.07) is 3.46. The Morgan fingerprint density at radius 2 is 2.06 bits per heavy atom. The highest BCUT2D eigenvalue weighted by molar-refractivity contribution is 5.72. The third kappa shape index (κ3) is 5.51. The van der Waals surface area contributed by atoms with E-state index < -0.39 is 5.60 Å². The van der Waals surface area contributed by atoms with E-state index in [1.807, 2.05) is 20.8 Å². The Bertz CT molecular complexity index is 365. The molecule has 0 aromatic carbocycles. The van der Waals surface area contributed by atoms with Gasteiger partial charge in [0.05, 0.1) is 13.1 Å². The summed E-state index contributed by atoms with van der Waals surface area (Å²) < 4.78 is 10.4. The third-order valence-corrected chi connectivity index (χ3v) is 1.86. The van der Waals surface area contributed by atoms with Gasteiger partial charge in [0.15, 0.2) is 0 Å². The number of hydrogen-bond acceptors (Lipinski definition) is 5. The van der Waals surface area contributed by atoms with Gasteiger partial charge in [0.2, 0.25) is 0 Å². The smallest absolute Gasteiger partial charge is 0.320 e. The SMILES string of the molecule is CC(C)(C)OC(=O)CNCc1ccc(CO)o1. The molecule has 0 radical (unpaired) electrons. The second-order valence-corrected chi connectivity index (χ2v) is 4.72. The number of aliphatic hydroxyl groups is 1. The van der Waals surface area contributed by atoms with Crippen LogP contribution in [0, 0.1) is 0 Å². The van der Waals surface area contributed by atoms with E-state index >= 15 is 0 Å². The van der Waals surface area contributed by atoms with Gasteiger partial charge < -0.3 is 14.3 Å². The lowest BCUT2D eigenvalue weighted by molar-refractivity contribution is -0.153. The van der Waals surface area contributed by atoms with Crippen LogP contribution in [0.3, 0.4) is 0 Å². The lowest BCUT2D eigenvalue weighted by atomic mass is 10.2. The zero-order valence-corrected chi connectivity index (χ0v) is 10.4. The number of hydrogen-bond donors (Lipinski definition) is 2. The van der Waals surface area contributed by atoms with Crippen LogP contribution in [0.1, 0.15) is 32.3 Å². The summed E-state index contributed by atoms with van der Waals surface area (Å²) in [5.74, 6) is 0.892. The predicted octanol–water partition coefficient (Wildman–Crippen LogP) is 1.20. The Morgan fingerprint density at radius 1 is 1.41 bits per heavy atom. The van der Waals surface area contributed by atoms with Crippen LogP contribution in [0.4, 0.5) is 0 Å². The van der Waals surface area contributed by atoms with Gasteiger partial charge in [-0.2, -0.15) is 0 Å². The standard InChI is InChI=1S/C12H19NO4/c1-12(2,3)17-11(15)7-13-6-9-4-5-10(8-14)16-9/h4-5,13-14H,6-8H2,1-3H3. The van der Waals surface area contributed by atoms with Gasteiger partial charge in [-0.1, -0.05) is 0 Å². The molecular weight excluding hydrogens is 222 g/mol. The molecule has 0 fully saturated rings. The first-order chi connectivity index (χ1) is 7.90. The van der Waals surface area contributed by atoms with Gasteiger partial charge in [-0.25, -0.2) is 0 Å². The number of rotatable bonds is 5. The van der Waals surface area contributed by atoms with Crippen LogP contribution in [0.15, 0.2) is 16.5 Å². The average Bonchev–Trinajstić information content (AvgIpc) is 2.63. The molecule has 5 nitrogen and oxygen atoms in total. The van der Waals surface area contributed by atoms with E-state index in [-0.39, 0.29) is 19.1 Å². The van der Waals surface area contributed by atoms with Crippen LogP contribution in [0.2, 0.25) is 0 Å². The van der Waals surface area contributed by atoms with Crippen LogP contribution >= 0.6 is 0 Å². The van der Waals surface area contributed by atoms with Gasteiger partial charge in [-0.15, -0.1) is 0 Å². The van der Waals surface area contributed by atoms with E-state index in [1.165, 1.54) is 0 Å². The number of aliphatic hydroxyl groups excluding tert-OH is 1. The Balaban J connectivity index is 2.26. The molecule has 0 spiro atoms. The second kappa shape index (κ2) is 5.84. The molecule has 96 valence electrons. The van der Waals surface area contributed by atoms with Crippen LogP contribution in [-0.2, 0) is 22.7 Å². The van der Waals surface area contributed by atoms with Crippen molar-refractivity contribution in [3.63, 3.8) is 0 Å². The summed E-state index contributed by atoms with van der Waals surface area (Å²) in [7, 11) is 0. The molecule has 0 atom stereocenters. The molecule has 1 aromatic heterocycles. The van der Waals surface area contributed by atoms with E-state index in [9.17, 15) is 4.79 Å². The van der Waals surface area contributed by atoms with Crippen molar-refractivity contribution in [1.82, 2.24) is 5.32 Å². The summed E-state index contributed by atoms with van der Waals surface area (Å²) in [5.41, 5.74) is -0.465. The summed E-state index contributed by atoms with van der Waals surface area (Å²) in [4.78, 5) is 11.4. The van der Waals surface area contributed by atoms with Crippen molar-refractivity contribution in [2.45, 2.75) is 39.5 Å². The van der Waals surface area contributed by atoms with E-state index in [1.54, 1.807) is 12.1 Å². The number of furan rings is 1. The Morgan fingerprint density at radius 3 is 2.59 bits per heavy atom. The van der Waals surface area contributed by atoms with Crippen molar-refractivity contribution in [3.8, 4) is 0 Å². The fraction of sp³-hybridized carbons (Fsp3) is 0.583. The highest BCUT2D eigenvalue weighted by Gasteiger charge is 2.15. The molecule has 0 bridgehead atoms. The highest BCUT2D eigenvalue weighted by Crippen LogP contribution is 2.08. The number of ether oxygens (including phenoxy) is 1. The number of carbonyl (C=O) groups is 1. The fourth-order valence-corrected chi connectivity index (χ4v) is 1.27. The third-order valence-electron chi connectivity index (χ3n) is 1.86. The number of carbonyl (C=O) groups excluding carboxylic acids is 1. The minimum absolute atomic E-state index is 0.119. The van der Waals surface area contributed by atoms with Crippen molar-refractivity contribution in [3.05, 3.63) is 23.7 Å². The normalized spacial score (nSPS) is 11.5. The second-order valence-electron chi connectivity index (χ2n) is 4.72. The molecular formula is C12H19NO4. The van der Waals surface area contributed by atoms with Crippen molar-refractivity contribution >= 4 is 5.97 Å². The van der Waals surface area contributed by atoms with Gasteiger partial charge in [0, 0.05) is 0 Å². The average molecular weight is 241 g/mol. The molecule has 1 rings (SSSR count). The Hall–Kier alpha value is -1.33. The van der Waals surface area contributed by atoms with E-state index in [0.29, 0.717) is 18.1 Å². The van der Waals surface area contributed by atoms with Crippen molar-refractivity contribution < 1.29 is 19.1 Å². The lowest BCUT2D eigenvalue weighted by Crippen LogP contribution is -2.31. The van der Waals surface area contributed by atoms with Crippen molar-refractivity contribution in [1.29, 1.82) is 0 Å². The molecule has 0 unspecified atom stereocenters. The zero-order chi connectivity index (χ0) is 12.9. The van der Waals surface area contributed by atoms with Crippen LogP contribution in [0.25, 0.3) is 0 Å². The van der Waals surface area contributed by atoms with Gasteiger partial charge >= 0.3 is 5.97 Å². The molecule has 0 aliphatic rings. The molecule has 1 aromatic rings. The maximum atomic E-state index is 11.4. The summed E-state index contributed by atoms with van der Waals surface area (Å²) in [6.07, 6.45) is 0. The molecule has 0 amide bonds. The number of esters is 1. The number of nitrogens with one attached hydrogen (secondary N) is 1. The van der Waals surface area contributed by atoms with Crippen LogP contribution in [0.5, 0.6) is 0 Å². The largest absolute Gasteiger partial charge is 0.462 e. The molecule has 5 heteroatoms. The highest BCUT2D eigenvalue weighted by atomic mass is 16.6. The predicted molar refractivity (Wildman–Crippen MR) is 62.2 cm³/mol. The van der Waals surface area contributed by atoms with E-state index in [0.717, 1.165) is 0 Å². The first-order valence-corrected chi connectivity index (χ1v) is 5.52. The Kier molecular flexibility index (Phi) is 4.72. The zero-order valence-electron chi connectivity index (χ0n) is 10.4. The van der Waals surface area contributed by atoms with Gasteiger partial charge in [0.25, 0.3) is 0 Å². The van der Waals surface area contributed by atoms with Crippen LogP contribution in [-0.4, -0.2) is 23.2 Å². The molecule has 17 heavy (non-hydrogen) atoms. The molecule has 0 saturated carbocycles. The molecule has 0 aliphatic heterocycles. The lowest BCUT2D eigenvalue weighted by Gasteiger charge is -2.19. The maximum Gasteiger partial charge on any atom is 0.320 e. The van der Waals surface area contributed by atoms with Crippen molar-refractivity contribution in [2.75, 3.05) is 6.54 Å². The minimum atomic E-state index is -0.465. The van der Waals surface area contributed by atoms with Crippen LogP contribution < -0.4 is 5.32 Å². The molecule has 0 saturated heterocycles. The van der Waals surface area contributed by atoms with E-state index in [2.05, 4.69) is 5.32 Å². The Labute approximate surface area is 101 Å². The van der Waals surface area contributed by atoms with Crippen molar-refractivity contribution in [2.24, 2.45) is 0 Å². The van der Waals surface area contributed by atoms with Gasteiger partial charge in [0.1, 0.15) is 23.7 Å². The monoisotopic (exact) mass is 241 g/mol. The maximum absolute atomic E-state index is 11.4. The quantitative estimate of drug-likeness (QED) is 0.758.